The van der Waals surface area contributed by atoms with Gasteiger partial charge in [0.2, 0.25) is 10.0 Å². The second-order valence-corrected chi connectivity index (χ2v) is 8.41. The molecule has 0 saturated carbocycles. The van der Waals surface area contributed by atoms with Crippen LogP contribution in [-0.2, 0) is 10.0 Å². The van der Waals surface area contributed by atoms with Gasteiger partial charge in [-0.2, -0.15) is 4.31 Å². The molecule has 2 fully saturated rings. The highest BCUT2D eigenvalue weighted by molar-refractivity contribution is 7.89. The number of nitrogens with two attached hydrogens (primary N) is 1. The third-order valence-electron chi connectivity index (χ3n) is 4.80. The number of likely N-dealkylation sites (N-methyl/N-ethyl adjacent to an activating group) is 1. The molecule has 24 heavy (non-hydrogen) atoms. The van der Waals surface area contributed by atoms with Crippen molar-refractivity contribution in [2.45, 2.75) is 24.2 Å². The molecule has 2 heterocycles. The van der Waals surface area contributed by atoms with Crippen molar-refractivity contribution in [3.8, 4) is 0 Å². The fourth-order valence-electron chi connectivity index (χ4n) is 3.28. The monoisotopic (exact) mass is 373 g/mol. The molecule has 2 aliphatic heterocycles. The van der Waals surface area contributed by atoms with Crippen molar-refractivity contribution in [3.05, 3.63) is 18.2 Å². The van der Waals surface area contributed by atoms with Gasteiger partial charge in [-0.15, -0.1) is 0 Å². The topological polar surface area (TPSA) is 69.9 Å². The molecule has 0 amide bonds. The van der Waals surface area contributed by atoms with Crippen LogP contribution in [0.25, 0.3) is 0 Å². The maximum atomic E-state index is 12.7. The van der Waals surface area contributed by atoms with E-state index in [0.29, 0.717) is 23.7 Å². The van der Waals surface area contributed by atoms with E-state index in [1.54, 1.807) is 16.4 Å². The third-order valence-corrected chi connectivity index (χ3v) is 6.69. The molecule has 0 unspecified atom stereocenters. The number of hydrogen-bond acceptors (Lipinski definition) is 5. The highest BCUT2D eigenvalue weighted by Gasteiger charge is 2.27. The summed E-state index contributed by atoms with van der Waals surface area (Å²) in [4.78, 5) is 4.82. The molecule has 1 aromatic carbocycles. The lowest BCUT2D eigenvalue weighted by Gasteiger charge is -2.35. The Morgan fingerprint density at radius 1 is 0.958 bits per heavy atom. The van der Waals surface area contributed by atoms with Gasteiger partial charge in [0.25, 0.3) is 0 Å². The molecule has 2 N–H and O–H groups in total. The predicted octanol–water partition coefficient (Wildman–Crippen LogP) is -1.80. The molecule has 0 atom stereocenters. The Kier molecular flexibility index (Phi) is 6.36. The average molecular weight is 374 g/mol. The minimum Gasteiger partial charge on any atom is -1.00 e. The lowest BCUT2D eigenvalue weighted by molar-refractivity contribution is -0.00000735. The molecule has 1 aromatic rings. The van der Waals surface area contributed by atoms with Crippen molar-refractivity contribution in [1.29, 1.82) is 0 Å². The Balaban J connectivity index is 0.00000208. The van der Waals surface area contributed by atoms with E-state index in [0.717, 1.165) is 51.1 Å². The van der Waals surface area contributed by atoms with Crippen LogP contribution in [0.2, 0.25) is 0 Å². The normalized spacial score (nSPS) is 20.6. The van der Waals surface area contributed by atoms with Crippen LogP contribution in [0.3, 0.4) is 0 Å². The molecule has 136 valence electrons. The minimum atomic E-state index is -3.41. The van der Waals surface area contributed by atoms with Gasteiger partial charge in [-0.05, 0) is 38.1 Å². The largest absolute Gasteiger partial charge is 1.00 e. The van der Waals surface area contributed by atoms with E-state index >= 15 is 0 Å². The molecule has 0 spiro atoms. The molecule has 3 rings (SSSR count). The lowest BCUT2D eigenvalue weighted by atomic mass is 10.2. The second-order valence-electron chi connectivity index (χ2n) is 6.48. The Morgan fingerprint density at radius 2 is 1.58 bits per heavy atom. The number of piperidine rings is 1. The molecule has 0 radical (unpaired) electrons. The van der Waals surface area contributed by atoms with Gasteiger partial charge in [-0.1, -0.05) is 6.42 Å². The summed E-state index contributed by atoms with van der Waals surface area (Å²) in [5.74, 6) is 0. The van der Waals surface area contributed by atoms with Crippen molar-refractivity contribution >= 4 is 21.4 Å². The van der Waals surface area contributed by atoms with Crippen LogP contribution < -0.4 is 23.0 Å². The van der Waals surface area contributed by atoms with Crippen LogP contribution >= 0.6 is 0 Å². The summed E-state index contributed by atoms with van der Waals surface area (Å²) in [6.07, 6.45) is 2.98. The van der Waals surface area contributed by atoms with Crippen LogP contribution in [0.5, 0.6) is 0 Å². The zero-order valence-electron chi connectivity index (χ0n) is 14.1. The summed E-state index contributed by atoms with van der Waals surface area (Å²) in [6.45, 7) is 5.04. The fourth-order valence-corrected chi connectivity index (χ4v) is 4.84. The van der Waals surface area contributed by atoms with Gasteiger partial charge in [0.15, 0.2) is 0 Å². The van der Waals surface area contributed by atoms with Crippen LogP contribution in [-0.4, -0.2) is 63.9 Å². The van der Waals surface area contributed by atoms with Crippen molar-refractivity contribution in [2.24, 2.45) is 0 Å². The Bertz CT molecular complexity index is 654. The first-order chi connectivity index (χ1) is 11.0. The van der Waals surface area contributed by atoms with E-state index in [4.69, 9.17) is 5.73 Å². The summed E-state index contributed by atoms with van der Waals surface area (Å²) < 4.78 is 27.0. The number of benzene rings is 1. The van der Waals surface area contributed by atoms with E-state index in [9.17, 15) is 8.42 Å². The van der Waals surface area contributed by atoms with E-state index in [2.05, 4.69) is 16.8 Å². The van der Waals surface area contributed by atoms with Gasteiger partial charge >= 0.3 is 0 Å². The molecule has 6 nitrogen and oxygen atoms in total. The molecular formula is C16H26ClN4O2S-. The highest BCUT2D eigenvalue weighted by atomic mass is 35.5. The second kappa shape index (κ2) is 7.91. The summed E-state index contributed by atoms with van der Waals surface area (Å²) in [5, 5.41) is 0. The maximum Gasteiger partial charge on any atom is 0.243 e. The number of rotatable bonds is 3. The maximum absolute atomic E-state index is 12.7. The number of nitrogen functional groups attached to an aromatic ring is 1. The quantitative estimate of drug-likeness (QED) is 0.633. The van der Waals surface area contributed by atoms with Crippen LogP contribution in [0, 0.1) is 0 Å². The summed E-state index contributed by atoms with van der Waals surface area (Å²) >= 11 is 0. The Morgan fingerprint density at radius 3 is 2.17 bits per heavy atom. The molecule has 2 aliphatic rings. The number of anilines is 2. The molecule has 0 aromatic heterocycles. The van der Waals surface area contributed by atoms with E-state index in [1.807, 2.05) is 6.07 Å². The highest BCUT2D eigenvalue weighted by Crippen LogP contribution is 2.29. The third kappa shape index (κ3) is 3.96. The first kappa shape index (κ1) is 19.3. The Labute approximate surface area is 151 Å². The van der Waals surface area contributed by atoms with E-state index in [1.165, 1.54) is 0 Å². The standard InChI is InChI=1S/C16H26N4O2S.ClH/c1-18-9-11-19(12-10-18)16-6-5-14(13-15(16)17)23(21,22)20-7-3-2-4-8-20;/h5-6,13H,2-4,7-12,17H2,1H3;1H/p-1. The first-order valence-electron chi connectivity index (χ1n) is 8.31. The van der Waals surface area contributed by atoms with Crippen LogP contribution in [0.15, 0.2) is 23.1 Å². The number of piperazine rings is 1. The molecular weight excluding hydrogens is 348 g/mol. The number of hydrogen-bond donors (Lipinski definition) is 1. The molecule has 0 bridgehead atoms. The van der Waals surface area contributed by atoms with E-state index in [-0.39, 0.29) is 12.4 Å². The zero-order valence-corrected chi connectivity index (χ0v) is 15.7. The molecule has 2 saturated heterocycles. The van der Waals surface area contributed by atoms with Gasteiger partial charge in [0.1, 0.15) is 0 Å². The lowest BCUT2D eigenvalue weighted by Crippen LogP contribution is -3.00. The van der Waals surface area contributed by atoms with Gasteiger partial charge in [-0.3, -0.25) is 0 Å². The van der Waals surface area contributed by atoms with Gasteiger partial charge in [0.05, 0.1) is 16.3 Å². The zero-order chi connectivity index (χ0) is 16.4. The summed E-state index contributed by atoms with van der Waals surface area (Å²) in [5.41, 5.74) is 7.66. The summed E-state index contributed by atoms with van der Waals surface area (Å²) in [7, 11) is -1.31. The smallest absolute Gasteiger partial charge is 0.243 e. The summed E-state index contributed by atoms with van der Waals surface area (Å²) in [6, 6.07) is 5.18. The van der Waals surface area contributed by atoms with Crippen LogP contribution in [0.4, 0.5) is 11.4 Å². The average Bonchev–Trinajstić information content (AvgIpc) is 2.56. The predicted molar refractivity (Wildman–Crippen MR) is 93.2 cm³/mol. The SMILES string of the molecule is CN1CCN(c2ccc(S(=O)(=O)N3CCCCC3)cc2N)CC1.[Cl-]. The van der Waals surface area contributed by atoms with Crippen molar-refractivity contribution < 1.29 is 20.8 Å². The van der Waals surface area contributed by atoms with Crippen molar-refractivity contribution in [3.63, 3.8) is 0 Å². The number of nitrogens with zero attached hydrogens (tertiary/aromatic N) is 3. The Hall–Kier alpha value is -1.02. The minimum absolute atomic E-state index is 0. The van der Waals surface area contributed by atoms with Gasteiger partial charge in [0, 0.05) is 39.3 Å². The van der Waals surface area contributed by atoms with Gasteiger partial charge < -0.3 is 27.9 Å². The van der Waals surface area contributed by atoms with Crippen molar-refractivity contribution in [2.75, 3.05) is 56.9 Å². The first-order valence-corrected chi connectivity index (χ1v) is 9.75. The number of sulfonamides is 1. The fraction of sp³-hybridized carbons (Fsp3) is 0.625. The van der Waals surface area contributed by atoms with Crippen molar-refractivity contribution in [1.82, 2.24) is 9.21 Å². The number of halogens is 1. The van der Waals surface area contributed by atoms with E-state index < -0.39 is 10.0 Å². The molecule has 0 aliphatic carbocycles. The van der Waals surface area contributed by atoms with Crippen LogP contribution in [0.1, 0.15) is 19.3 Å². The van der Waals surface area contributed by atoms with Gasteiger partial charge in [-0.25, -0.2) is 8.42 Å². The molecule has 8 heteroatoms.